The molecule has 0 spiro atoms. The van der Waals surface area contributed by atoms with E-state index >= 15 is 0 Å². The lowest BCUT2D eigenvalue weighted by atomic mass is 10.1. The van der Waals surface area contributed by atoms with Crippen LogP contribution in [0.5, 0.6) is 0 Å². The third-order valence-corrected chi connectivity index (χ3v) is 4.09. The molecule has 0 aromatic carbocycles. The van der Waals surface area contributed by atoms with Gasteiger partial charge in [-0.1, -0.05) is 0 Å². The quantitative estimate of drug-likeness (QED) is 0.617. The Hall–Kier alpha value is -2.07. The maximum atomic E-state index is 12.9. The summed E-state index contributed by atoms with van der Waals surface area (Å²) in [7, 11) is 1.53. The molecule has 1 aliphatic heterocycles. The number of methoxy groups -OCH3 is 1. The monoisotopic (exact) mass is 445 g/mol. The number of nitrogens with zero attached hydrogens (tertiary/aromatic N) is 2. The second kappa shape index (κ2) is 10.5. The minimum absolute atomic E-state index is 0.0919. The highest BCUT2D eigenvalue weighted by atomic mass is 16.6. The van der Waals surface area contributed by atoms with Gasteiger partial charge < -0.3 is 24.3 Å². The highest BCUT2D eigenvalue weighted by molar-refractivity contribution is 5.88. The van der Waals surface area contributed by atoms with Crippen molar-refractivity contribution < 1.29 is 33.3 Å². The molecular weight excluding hydrogens is 406 g/mol. The number of imide groups is 1. The van der Waals surface area contributed by atoms with Gasteiger partial charge in [0, 0.05) is 13.7 Å². The van der Waals surface area contributed by atoms with Crippen LogP contribution in [0, 0.1) is 0 Å². The number of carbonyl (C=O) groups is 3. The zero-order valence-electron chi connectivity index (χ0n) is 20.4. The molecule has 0 radical (unpaired) electrons. The van der Waals surface area contributed by atoms with Crippen LogP contribution in [0.2, 0.25) is 0 Å². The smallest absolute Gasteiger partial charge is 0.421 e. The molecule has 0 saturated carbocycles. The summed E-state index contributed by atoms with van der Waals surface area (Å²) >= 11 is 0. The molecule has 10 nitrogen and oxygen atoms in total. The van der Waals surface area contributed by atoms with Crippen LogP contribution >= 0.6 is 0 Å². The summed E-state index contributed by atoms with van der Waals surface area (Å²) in [5, 5.41) is 2.68. The number of carbonyl (C=O) groups excluding carboxylic acids is 3. The Bertz CT molecular complexity index is 610. The second-order valence-electron chi connectivity index (χ2n) is 10.2. The lowest BCUT2D eigenvalue weighted by Crippen LogP contribution is -2.55. The summed E-state index contributed by atoms with van der Waals surface area (Å²) in [5.41, 5.74) is -2.35. The zero-order chi connectivity index (χ0) is 24.0. The molecule has 0 aromatic rings. The first-order valence-electron chi connectivity index (χ1n) is 10.5. The van der Waals surface area contributed by atoms with Crippen LogP contribution in [0.4, 0.5) is 14.4 Å². The molecule has 0 aliphatic carbocycles. The van der Waals surface area contributed by atoms with E-state index in [1.54, 1.807) is 60.3 Å². The fourth-order valence-corrected chi connectivity index (χ4v) is 3.06. The third-order valence-electron chi connectivity index (χ3n) is 4.09. The van der Waals surface area contributed by atoms with E-state index in [0.29, 0.717) is 13.0 Å². The van der Waals surface area contributed by atoms with E-state index in [0.717, 1.165) is 11.3 Å². The van der Waals surface area contributed by atoms with E-state index in [-0.39, 0.29) is 13.3 Å². The van der Waals surface area contributed by atoms with Crippen molar-refractivity contribution in [2.24, 2.45) is 0 Å². The van der Waals surface area contributed by atoms with E-state index < -0.39 is 41.2 Å². The largest absolute Gasteiger partial charge is 0.443 e. The van der Waals surface area contributed by atoms with E-state index in [1.165, 1.54) is 7.11 Å². The summed E-state index contributed by atoms with van der Waals surface area (Å²) in [4.78, 5) is 40.7. The van der Waals surface area contributed by atoms with Gasteiger partial charge in [0.2, 0.25) is 0 Å². The number of rotatable bonds is 6. The van der Waals surface area contributed by atoms with Crippen LogP contribution in [-0.2, 0) is 18.9 Å². The van der Waals surface area contributed by atoms with E-state index in [1.807, 2.05) is 0 Å². The Morgan fingerprint density at radius 1 is 0.935 bits per heavy atom. The predicted molar refractivity (Wildman–Crippen MR) is 114 cm³/mol. The first-order chi connectivity index (χ1) is 14.0. The third kappa shape index (κ3) is 9.73. The summed E-state index contributed by atoms with van der Waals surface area (Å²) in [5.74, 6) is 0. The molecule has 1 aliphatic rings. The van der Waals surface area contributed by atoms with Crippen molar-refractivity contribution in [2.45, 2.75) is 91.2 Å². The standard InChI is InChI=1S/C21H39N3O7/c1-19(2,3)30-17(26)24(18(27)31-20(4,5)6)15-11-10-12-23(15)14-22-16(25)29-21(7,8)13-28-9/h15H,10-14H2,1-9H3,(H,22,25). The normalized spacial score (nSPS) is 17.8. The van der Waals surface area contributed by atoms with Crippen LogP contribution in [0.1, 0.15) is 68.2 Å². The van der Waals surface area contributed by atoms with Gasteiger partial charge in [-0.25, -0.2) is 14.4 Å². The van der Waals surface area contributed by atoms with Crippen molar-refractivity contribution in [2.75, 3.05) is 26.9 Å². The summed E-state index contributed by atoms with van der Waals surface area (Å²) in [6.07, 6.45) is -1.54. The van der Waals surface area contributed by atoms with Gasteiger partial charge >= 0.3 is 18.3 Å². The molecule has 1 atom stereocenters. The molecule has 1 rings (SSSR count). The van der Waals surface area contributed by atoms with Crippen molar-refractivity contribution in [1.82, 2.24) is 15.1 Å². The predicted octanol–water partition coefficient (Wildman–Crippen LogP) is 3.69. The number of nitrogens with one attached hydrogen (secondary N) is 1. The molecule has 1 heterocycles. The molecule has 180 valence electrons. The lowest BCUT2D eigenvalue weighted by molar-refractivity contribution is -0.0278. The van der Waals surface area contributed by atoms with Crippen molar-refractivity contribution in [3.05, 3.63) is 0 Å². The molecule has 1 unspecified atom stereocenters. The van der Waals surface area contributed by atoms with Crippen molar-refractivity contribution in [3.63, 3.8) is 0 Å². The SMILES string of the molecule is COCC(C)(C)OC(=O)NCN1CCCC1N(C(=O)OC(C)(C)C)C(=O)OC(C)(C)C. The molecule has 0 bridgehead atoms. The van der Waals surface area contributed by atoms with Crippen LogP contribution in [0.25, 0.3) is 0 Å². The van der Waals surface area contributed by atoms with Gasteiger partial charge in [-0.3, -0.25) is 4.90 Å². The summed E-state index contributed by atoms with van der Waals surface area (Å²) in [6, 6.07) is 0. The average Bonchev–Trinajstić information content (AvgIpc) is 2.97. The number of hydrogen-bond donors (Lipinski definition) is 1. The fraction of sp³-hybridized carbons (Fsp3) is 0.857. The van der Waals surface area contributed by atoms with Gasteiger partial charge in [-0.15, -0.1) is 0 Å². The Balaban J connectivity index is 2.92. The summed E-state index contributed by atoms with van der Waals surface area (Å²) in [6.45, 7) is 14.7. The average molecular weight is 446 g/mol. The minimum Gasteiger partial charge on any atom is -0.443 e. The zero-order valence-corrected chi connectivity index (χ0v) is 20.4. The van der Waals surface area contributed by atoms with Gasteiger partial charge in [-0.2, -0.15) is 4.90 Å². The highest BCUT2D eigenvalue weighted by Crippen LogP contribution is 2.25. The number of likely N-dealkylation sites (tertiary alicyclic amines) is 1. The van der Waals surface area contributed by atoms with Crippen LogP contribution in [0.3, 0.4) is 0 Å². The van der Waals surface area contributed by atoms with Gasteiger partial charge in [0.25, 0.3) is 0 Å². The first kappa shape index (κ1) is 27.0. The Morgan fingerprint density at radius 2 is 1.45 bits per heavy atom. The lowest BCUT2D eigenvalue weighted by Gasteiger charge is -2.35. The Kier molecular flexibility index (Phi) is 9.13. The van der Waals surface area contributed by atoms with E-state index in [2.05, 4.69) is 5.32 Å². The maximum absolute atomic E-state index is 12.9. The van der Waals surface area contributed by atoms with Crippen molar-refractivity contribution in [3.8, 4) is 0 Å². The second-order valence-corrected chi connectivity index (χ2v) is 10.2. The van der Waals surface area contributed by atoms with Gasteiger partial charge in [0.05, 0.1) is 13.3 Å². The maximum Gasteiger partial charge on any atom is 0.421 e. The summed E-state index contributed by atoms with van der Waals surface area (Å²) < 4.78 is 21.3. The molecule has 1 N–H and O–H groups in total. The van der Waals surface area contributed by atoms with Crippen LogP contribution in [0.15, 0.2) is 0 Å². The molecule has 3 amide bonds. The van der Waals surface area contributed by atoms with Crippen LogP contribution in [-0.4, -0.2) is 78.0 Å². The molecule has 1 fully saturated rings. The molecule has 10 heteroatoms. The van der Waals surface area contributed by atoms with Gasteiger partial charge in [0.15, 0.2) is 0 Å². The van der Waals surface area contributed by atoms with Crippen molar-refractivity contribution >= 4 is 18.3 Å². The highest BCUT2D eigenvalue weighted by Gasteiger charge is 2.41. The molecule has 31 heavy (non-hydrogen) atoms. The Morgan fingerprint density at radius 3 is 1.90 bits per heavy atom. The number of amides is 3. The minimum atomic E-state index is -0.789. The van der Waals surface area contributed by atoms with Gasteiger partial charge in [-0.05, 0) is 68.2 Å². The molecule has 0 aromatic heterocycles. The van der Waals surface area contributed by atoms with Crippen molar-refractivity contribution in [1.29, 1.82) is 0 Å². The van der Waals surface area contributed by atoms with Crippen LogP contribution < -0.4 is 5.32 Å². The number of hydrogen-bond acceptors (Lipinski definition) is 8. The molecule has 1 saturated heterocycles. The van der Waals surface area contributed by atoms with E-state index in [9.17, 15) is 14.4 Å². The number of alkyl carbamates (subject to hydrolysis) is 1. The topological polar surface area (TPSA) is 107 Å². The first-order valence-corrected chi connectivity index (χ1v) is 10.5. The Labute approximate surface area is 185 Å². The molecular formula is C21H39N3O7. The van der Waals surface area contributed by atoms with E-state index in [4.69, 9.17) is 18.9 Å². The fourth-order valence-electron chi connectivity index (χ4n) is 3.06. The van der Waals surface area contributed by atoms with Gasteiger partial charge in [0.1, 0.15) is 23.0 Å². The number of ether oxygens (including phenoxy) is 4.